The van der Waals surface area contributed by atoms with Crippen molar-refractivity contribution in [3.8, 4) is 22.8 Å². The van der Waals surface area contributed by atoms with Gasteiger partial charge in [-0.2, -0.15) is 4.98 Å². The van der Waals surface area contributed by atoms with Gasteiger partial charge in [-0.3, -0.25) is 14.3 Å². The number of rotatable bonds is 2. The monoisotopic (exact) mass is 370 g/mol. The lowest BCUT2D eigenvalue weighted by Crippen LogP contribution is -2.27. The summed E-state index contributed by atoms with van der Waals surface area (Å²) in [5.74, 6) is 0.963. The Kier molecular flexibility index (Phi) is 3.48. The van der Waals surface area contributed by atoms with Crippen LogP contribution in [0.3, 0.4) is 0 Å². The van der Waals surface area contributed by atoms with Crippen LogP contribution >= 0.6 is 0 Å². The van der Waals surface area contributed by atoms with Gasteiger partial charge < -0.3 is 4.74 Å². The number of aromatic amines is 1. The number of ether oxygens (including phenoxy) is 1. The number of hydrogen-bond acceptors (Lipinski definition) is 5. The fourth-order valence-electron chi connectivity index (χ4n) is 3.39. The van der Waals surface area contributed by atoms with E-state index in [0.29, 0.717) is 17.0 Å². The van der Waals surface area contributed by atoms with E-state index in [0.717, 1.165) is 22.0 Å². The molecule has 0 saturated carbocycles. The van der Waals surface area contributed by atoms with E-state index in [-0.39, 0.29) is 5.82 Å². The largest absolute Gasteiger partial charge is 0.497 e. The van der Waals surface area contributed by atoms with Crippen LogP contribution in [0.5, 0.6) is 5.75 Å². The van der Waals surface area contributed by atoms with Gasteiger partial charge in [0, 0.05) is 22.5 Å². The molecule has 5 rings (SSSR count). The molecular weight excluding hydrogens is 356 g/mol. The molecule has 3 heterocycles. The number of pyridine rings is 2. The molecule has 0 spiro atoms. The highest BCUT2D eigenvalue weighted by molar-refractivity contribution is 5.95. The third-order valence-corrected chi connectivity index (χ3v) is 4.68. The Morgan fingerprint density at radius 3 is 2.54 bits per heavy atom. The third kappa shape index (κ3) is 2.44. The molecule has 28 heavy (non-hydrogen) atoms. The Morgan fingerprint density at radius 2 is 1.75 bits per heavy atom. The number of nitrogens with one attached hydrogen (secondary N) is 1. The number of para-hydroxylation sites is 1. The molecule has 2 aromatic carbocycles. The van der Waals surface area contributed by atoms with Gasteiger partial charge in [0.05, 0.1) is 18.2 Å². The first-order chi connectivity index (χ1) is 13.6. The Hall–Kier alpha value is -4.00. The van der Waals surface area contributed by atoms with E-state index in [2.05, 4.69) is 9.97 Å². The van der Waals surface area contributed by atoms with Crippen LogP contribution in [0, 0.1) is 0 Å². The van der Waals surface area contributed by atoms with Gasteiger partial charge in [-0.1, -0.05) is 18.2 Å². The Bertz CT molecular complexity index is 1440. The zero-order valence-electron chi connectivity index (χ0n) is 14.8. The standard InChI is InChI=1S/C21H14N4O3/c1-28-15-8-7-12-9-13-10-16-19(23-21(27)24-20(16)26)25(14-5-3-2-4-6-14)18(13)22-17(12)11-15/h2-11H,1H3,(H,24,26,27). The minimum Gasteiger partial charge on any atom is -0.497 e. The van der Waals surface area contributed by atoms with Gasteiger partial charge in [-0.05, 0) is 36.4 Å². The summed E-state index contributed by atoms with van der Waals surface area (Å²) < 4.78 is 7.04. The molecule has 2 aliphatic heterocycles. The van der Waals surface area contributed by atoms with E-state index in [9.17, 15) is 9.59 Å². The van der Waals surface area contributed by atoms with Gasteiger partial charge in [-0.15, -0.1) is 0 Å². The average Bonchev–Trinajstić information content (AvgIpc) is 2.71. The van der Waals surface area contributed by atoms with Crippen molar-refractivity contribution >= 4 is 21.9 Å². The maximum Gasteiger partial charge on any atom is 0.349 e. The third-order valence-electron chi connectivity index (χ3n) is 4.68. The second-order valence-corrected chi connectivity index (χ2v) is 6.38. The lowest BCUT2D eigenvalue weighted by atomic mass is 10.1. The molecule has 0 unspecified atom stereocenters. The molecule has 0 bridgehead atoms. The van der Waals surface area contributed by atoms with E-state index < -0.39 is 11.2 Å². The number of benzene rings is 2. The molecule has 136 valence electrons. The van der Waals surface area contributed by atoms with Gasteiger partial charge in [0.25, 0.3) is 5.56 Å². The predicted molar refractivity (Wildman–Crippen MR) is 106 cm³/mol. The first-order valence-electron chi connectivity index (χ1n) is 8.64. The average molecular weight is 370 g/mol. The zero-order chi connectivity index (χ0) is 19.3. The van der Waals surface area contributed by atoms with E-state index >= 15 is 0 Å². The summed E-state index contributed by atoms with van der Waals surface area (Å²) in [7, 11) is 1.60. The molecular formula is C21H14N4O3. The van der Waals surface area contributed by atoms with Crippen LogP contribution in [0.15, 0.2) is 70.3 Å². The lowest BCUT2D eigenvalue weighted by Gasteiger charge is -2.17. The van der Waals surface area contributed by atoms with Gasteiger partial charge >= 0.3 is 5.69 Å². The Balaban J connectivity index is 2.01. The minimum atomic E-state index is -0.691. The van der Waals surface area contributed by atoms with Crippen molar-refractivity contribution in [3.63, 3.8) is 0 Å². The SMILES string of the molecule is COc1ccc2cc3cc4c(=O)[nH]c(=O)nc-4n(-c4ccccc4)c3nc2c1. The molecule has 0 fully saturated rings. The fourth-order valence-corrected chi connectivity index (χ4v) is 3.39. The topological polar surface area (TPSA) is 89.9 Å². The fraction of sp³-hybridized carbons (Fsp3) is 0.0476. The van der Waals surface area contributed by atoms with Crippen molar-refractivity contribution in [2.24, 2.45) is 0 Å². The number of hydrogen-bond donors (Lipinski definition) is 1. The first kappa shape index (κ1) is 16.2. The van der Waals surface area contributed by atoms with E-state index in [1.165, 1.54) is 0 Å². The van der Waals surface area contributed by atoms with Gasteiger partial charge in [0.1, 0.15) is 11.4 Å². The number of H-pyrrole nitrogens is 1. The summed E-state index contributed by atoms with van der Waals surface area (Å²) in [6.07, 6.45) is 0. The summed E-state index contributed by atoms with van der Waals surface area (Å²) in [4.78, 5) is 35.4. The van der Waals surface area contributed by atoms with Crippen molar-refractivity contribution in [1.82, 2.24) is 19.5 Å². The molecule has 7 heteroatoms. The number of fused-ring (bicyclic) bond motifs is 3. The molecule has 1 aromatic heterocycles. The van der Waals surface area contributed by atoms with Crippen molar-refractivity contribution < 1.29 is 4.74 Å². The van der Waals surface area contributed by atoms with Crippen molar-refractivity contribution in [2.45, 2.75) is 0 Å². The van der Waals surface area contributed by atoms with Gasteiger partial charge in [0.2, 0.25) is 0 Å². The van der Waals surface area contributed by atoms with Crippen LogP contribution in [0.2, 0.25) is 0 Å². The molecule has 0 aliphatic carbocycles. The van der Waals surface area contributed by atoms with E-state index in [1.54, 1.807) is 17.7 Å². The predicted octanol–water partition coefficient (Wildman–Crippen LogP) is 2.74. The van der Waals surface area contributed by atoms with Gasteiger partial charge in [-0.25, -0.2) is 9.78 Å². The summed E-state index contributed by atoms with van der Waals surface area (Å²) >= 11 is 0. The van der Waals surface area contributed by atoms with E-state index in [4.69, 9.17) is 9.72 Å². The Labute approximate surface area is 158 Å². The number of nitrogens with zero attached hydrogens (tertiary/aromatic N) is 3. The maximum atomic E-state index is 12.4. The molecule has 3 aromatic rings. The highest BCUT2D eigenvalue weighted by Crippen LogP contribution is 2.29. The first-order valence-corrected chi connectivity index (χ1v) is 8.64. The number of aromatic nitrogens is 4. The second-order valence-electron chi connectivity index (χ2n) is 6.38. The van der Waals surface area contributed by atoms with Crippen LogP contribution in [0.4, 0.5) is 0 Å². The second kappa shape index (κ2) is 6.02. The minimum absolute atomic E-state index is 0.266. The normalized spacial score (nSPS) is 11.3. The highest BCUT2D eigenvalue weighted by Gasteiger charge is 2.19. The smallest absolute Gasteiger partial charge is 0.349 e. The number of methoxy groups -OCH3 is 1. The van der Waals surface area contributed by atoms with Gasteiger partial charge in [0.15, 0.2) is 5.82 Å². The summed E-state index contributed by atoms with van der Waals surface area (Å²) in [5, 5.41) is 1.68. The van der Waals surface area contributed by atoms with Crippen LogP contribution < -0.4 is 16.0 Å². The lowest BCUT2D eigenvalue weighted by molar-refractivity contribution is 0.415. The molecule has 0 amide bonds. The molecule has 1 N–H and O–H groups in total. The molecule has 2 aliphatic rings. The van der Waals surface area contributed by atoms with Crippen molar-refractivity contribution in [2.75, 3.05) is 7.11 Å². The van der Waals surface area contributed by atoms with Crippen molar-refractivity contribution in [3.05, 3.63) is 81.5 Å². The van der Waals surface area contributed by atoms with Crippen LogP contribution in [-0.2, 0) is 0 Å². The molecule has 7 nitrogen and oxygen atoms in total. The van der Waals surface area contributed by atoms with Crippen LogP contribution in [0.1, 0.15) is 0 Å². The quantitative estimate of drug-likeness (QED) is 0.483. The molecule has 0 atom stereocenters. The molecule has 0 saturated heterocycles. The zero-order valence-corrected chi connectivity index (χ0v) is 14.8. The van der Waals surface area contributed by atoms with Crippen LogP contribution in [0.25, 0.3) is 39.0 Å². The summed E-state index contributed by atoms with van der Waals surface area (Å²) in [5.41, 5.74) is 1.25. The maximum absolute atomic E-state index is 12.4. The van der Waals surface area contributed by atoms with Crippen LogP contribution in [-0.4, -0.2) is 26.6 Å². The summed E-state index contributed by atoms with van der Waals surface area (Å²) in [6.45, 7) is 0. The summed E-state index contributed by atoms with van der Waals surface area (Å²) in [6, 6.07) is 18.7. The highest BCUT2D eigenvalue weighted by atomic mass is 16.5. The molecule has 0 radical (unpaired) electrons. The van der Waals surface area contributed by atoms with Crippen molar-refractivity contribution in [1.29, 1.82) is 0 Å². The van der Waals surface area contributed by atoms with E-state index in [1.807, 2.05) is 54.6 Å². The Morgan fingerprint density at radius 1 is 0.929 bits per heavy atom.